The minimum atomic E-state index is -0.753. The number of fused-ring (bicyclic) bond motifs is 1. The highest BCUT2D eigenvalue weighted by molar-refractivity contribution is 6.33. The molecule has 1 amide bonds. The zero-order chi connectivity index (χ0) is 28.4. The van der Waals surface area contributed by atoms with E-state index in [1.807, 2.05) is 18.2 Å². The number of nitrogens with one attached hydrogen (secondary N) is 1. The van der Waals surface area contributed by atoms with Crippen LogP contribution in [0.1, 0.15) is 51.5 Å². The molecular formula is C30H35ClN4O5. The molecule has 0 bridgehead atoms. The van der Waals surface area contributed by atoms with E-state index < -0.39 is 11.4 Å². The van der Waals surface area contributed by atoms with Gasteiger partial charge in [0.2, 0.25) is 5.91 Å². The summed E-state index contributed by atoms with van der Waals surface area (Å²) in [4.78, 5) is 37.9. The van der Waals surface area contributed by atoms with Gasteiger partial charge in [0.05, 0.1) is 21.6 Å². The first kappa shape index (κ1) is 28.1. The van der Waals surface area contributed by atoms with Crippen LogP contribution in [0.2, 0.25) is 5.02 Å². The molecule has 10 heteroatoms. The number of imidazole rings is 1. The number of halogens is 1. The molecule has 40 heavy (non-hydrogen) atoms. The number of carbonyl (C=O) groups excluding carboxylic acids is 1. The first-order chi connectivity index (χ1) is 19.2. The number of H-pyrrole nitrogens is 1. The standard InChI is InChI=1S/C30H35ClN4O5/c1-30(2,28(37)38)21-8-10-22(11-9-21)40-29-32-24-16-23(31)26(33-27(24)34-29)20-6-4-18(5-7-20)19-12-14-35(15-13-19)25(36)17-39-3/h4-7,12,16,21-22H,8-11,13-15,17H2,1-3H3,(H,37,38)(H,32,33,34)/t21-,22-. The Balaban J connectivity index is 1.25. The summed E-state index contributed by atoms with van der Waals surface area (Å²) in [6.45, 7) is 4.96. The van der Waals surface area contributed by atoms with Crippen LogP contribution in [0.5, 0.6) is 6.01 Å². The summed E-state index contributed by atoms with van der Waals surface area (Å²) in [5.41, 5.74) is 4.32. The van der Waals surface area contributed by atoms with E-state index in [1.54, 1.807) is 18.7 Å². The van der Waals surface area contributed by atoms with E-state index in [0.29, 0.717) is 41.0 Å². The second-order valence-electron chi connectivity index (χ2n) is 11.2. The van der Waals surface area contributed by atoms with Gasteiger partial charge in [0.15, 0.2) is 5.65 Å². The third-order valence-electron chi connectivity index (χ3n) is 8.29. The molecule has 5 rings (SSSR count). The molecule has 0 radical (unpaired) electrons. The van der Waals surface area contributed by atoms with Crippen molar-refractivity contribution in [1.82, 2.24) is 19.9 Å². The van der Waals surface area contributed by atoms with Crippen LogP contribution in [0.4, 0.5) is 0 Å². The lowest BCUT2D eigenvalue weighted by atomic mass is 9.70. The van der Waals surface area contributed by atoms with E-state index in [2.05, 4.69) is 28.2 Å². The molecule has 1 aromatic carbocycles. The number of rotatable bonds is 8. The van der Waals surface area contributed by atoms with Gasteiger partial charge in [-0.15, -0.1) is 0 Å². The quantitative estimate of drug-likeness (QED) is 0.365. The number of nitrogens with zero attached hydrogens (tertiary/aromatic N) is 3. The van der Waals surface area contributed by atoms with Gasteiger partial charge < -0.3 is 24.5 Å². The molecule has 212 valence electrons. The van der Waals surface area contributed by atoms with Crippen LogP contribution in [-0.2, 0) is 14.3 Å². The molecule has 9 nitrogen and oxygen atoms in total. The Morgan fingerprint density at radius 1 is 1.12 bits per heavy atom. The molecule has 2 aliphatic rings. The van der Waals surface area contributed by atoms with Crippen molar-refractivity contribution in [2.45, 2.75) is 52.1 Å². The molecule has 2 N–H and O–H groups in total. The third kappa shape index (κ3) is 5.86. The Bertz CT molecular complexity index is 1420. The number of hydrogen-bond acceptors (Lipinski definition) is 6. The third-order valence-corrected chi connectivity index (χ3v) is 8.58. The number of ether oxygens (including phenoxy) is 2. The number of aromatic nitrogens is 3. The van der Waals surface area contributed by atoms with Gasteiger partial charge in [-0.1, -0.05) is 41.9 Å². The van der Waals surface area contributed by atoms with Gasteiger partial charge in [0.1, 0.15) is 12.7 Å². The number of carboxylic acids is 1. The number of pyridine rings is 1. The predicted molar refractivity (Wildman–Crippen MR) is 153 cm³/mol. The molecule has 2 aromatic heterocycles. The molecule has 1 aliphatic heterocycles. The minimum absolute atomic E-state index is 0.00309. The lowest BCUT2D eigenvalue weighted by Crippen LogP contribution is -2.37. The summed E-state index contributed by atoms with van der Waals surface area (Å²) in [6, 6.07) is 10.3. The van der Waals surface area contributed by atoms with Crippen molar-refractivity contribution in [2.24, 2.45) is 11.3 Å². The van der Waals surface area contributed by atoms with Gasteiger partial charge >= 0.3 is 5.97 Å². The number of hydrogen-bond donors (Lipinski definition) is 2. The van der Waals surface area contributed by atoms with Gasteiger partial charge in [-0.3, -0.25) is 9.59 Å². The van der Waals surface area contributed by atoms with Gasteiger partial charge in [-0.05, 0) is 69.1 Å². The molecule has 1 fully saturated rings. The zero-order valence-electron chi connectivity index (χ0n) is 23.1. The fourth-order valence-electron chi connectivity index (χ4n) is 5.60. The largest absolute Gasteiger partial charge is 0.481 e. The van der Waals surface area contributed by atoms with E-state index in [9.17, 15) is 14.7 Å². The van der Waals surface area contributed by atoms with Crippen molar-refractivity contribution in [2.75, 3.05) is 26.8 Å². The molecular weight excluding hydrogens is 532 g/mol. The summed E-state index contributed by atoms with van der Waals surface area (Å²) in [5.74, 6) is -0.621. The Morgan fingerprint density at radius 3 is 2.45 bits per heavy atom. The molecule has 1 aliphatic carbocycles. The van der Waals surface area contributed by atoms with Crippen molar-refractivity contribution in [1.29, 1.82) is 0 Å². The van der Waals surface area contributed by atoms with E-state index in [1.165, 1.54) is 12.7 Å². The summed E-state index contributed by atoms with van der Waals surface area (Å²) in [6.07, 6.45) is 6.02. The monoisotopic (exact) mass is 566 g/mol. The maximum Gasteiger partial charge on any atom is 0.309 e. The van der Waals surface area contributed by atoms with Crippen molar-refractivity contribution in [3.63, 3.8) is 0 Å². The maximum absolute atomic E-state index is 12.1. The summed E-state index contributed by atoms with van der Waals surface area (Å²) in [5, 5.41) is 10.0. The number of carbonyl (C=O) groups is 2. The van der Waals surface area contributed by atoms with Gasteiger partial charge in [0.25, 0.3) is 6.01 Å². The second-order valence-corrected chi connectivity index (χ2v) is 11.6. The number of carboxylic acid groups (broad SMARTS) is 1. The van der Waals surface area contributed by atoms with Crippen molar-refractivity contribution >= 4 is 40.2 Å². The second kappa shape index (κ2) is 11.6. The fraction of sp³-hybridized carbons (Fsp3) is 0.467. The van der Waals surface area contributed by atoms with Gasteiger partial charge in [-0.2, -0.15) is 4.98 Å². The minimum Gasteiger partial charge on any atom is -0.481 e. The lowest BCUT2D eigenvalue weighted by Gasteiger charge is -2.36. The predicted octanol–water partition coefficient (Wildman–Crippen LogP) is 5.59. The summed E-state index contributed by atoms with van der Waals surface area (Å²) in [7, 11) is 1.53. The first-order valence-corrected chi connectivity index (χ1v) is 14.1. The zero-order valence-corrected chi connectivity index (χ0v) is 23.8. The number of aliphatic carboxylic acids is 1. The molecule has 0 saturated heterocycles. The summed E-state index contributed by atoms with van der Waals surface area (Å²) >= 11 is 6.62. The van der Waals surface area contributed by atoms with E-state index in [4.69, 9.17) is 26.1 Å². The van der Waals surface area contributed by atoms with Crippen LogP contribution in [0.15, 0.2) is 36.4 Å². The van der Waals surface area contributed by atoms with E-state index in [-0.39, 0.29) is 24.5 Å². The average molecular weight is 567 g/mol. The fourth-order valence-corrected chi connectivity index (χ4v) is 5.86. The number of benzene rings is 1. The van der Waals surface area contributed by atoms with E-state index in [0.717, 1.165) is 43.2 Å². The van der Waals surface area contributed by atoms with Crippen molar-refractivity contribution in [3.8, 4) is 17.3 Å². The molecule has 3 aromatic rings. The molecule has 3 heterocycles. The smallest absolute Gasteiger partial charge is 0.309 e. The van der Waals surface area contributed by atoms with Crippen LogP contribution in [-0.4, -0.2) is 69.7 Å². The Hall–Kier alpha value is -3.43. The van der Waals surface area contributed by atoms with Gasteiger partial charge in [0, 0.05) is 25.8 Å². The molecule has 0 atom stereocenters. The Labute approximate surface area is 238 Å². The molecule has 1 saturated carbocycles. The normalized spacial score (nSPS) is 19.9. The van der Waals surface area contributed by atoms with Crippen molar-refractivity contribution in [3.05, 3.63) is 47.0 Å². The Kier molecular flexibility index (Phi) is 8.14. The topological polar surface area (TPSA) is 118 Å². The van der Waals surface area contributed by atoms with Gasteiger partial charge in [-0.25, -0.2) is 4.98 Å². The maximum atomic E-state index is 12.1. The lowest BCUT2D eigenvalue weighted by molar-refractivity contribution is -0.151. The van der Waals surface area contributed by atoms with Crippen LogP contribution in [0.25, 0.3) is 28.0 Å². The van der Waals surface area contributed by atoms with Crippen LogP contribution >= 0.6 is 11.6 Å². The van der Waals surface area contributed by atoms with Crippen molar-refractivity contribution < 1.29 is 24.2 Å². The Morgan fingerprint density at radius 2 is 1.82 bits per heavy atom. The average Bonchev–Trinajstić information content (AvgIpc) is 3.34. The van der Waals surface area contributed by atoms with Crippen LogP contribution in [0, 0.1) is 11.3 Å². The van der Waals surface area contributed by atoms with Crippen LogP contribution in [0.3, 0.4) is 0 Å². The number of aromatic amines is 1. The van der Waals surface area contributed by atoms with Crippen LogP contribution < -0.4 is 4.74 Å². The van der Waals surface area contributed by atoms with E-state index >= 15 is 0 Å². The highest BCUT2D eigenvalue weighted by Gasteiger charge is 2.39. The highest BCUT2D eigenvalue weighted by Crippen LogP contribution is 2.39. The molecule has 0 unspecified atom stereocenters. The number of methoxy groups -OCH3 is 1. The molecule has 0 spiro atoms. The summed E-state index contributed by atoms with van der Waals surface area (Å²) < 4.78 is 11.1. The first-order valence-electron chi connectivity index (χ1n) is 13.7. The highest BCUT2D eigenvalue weighted by atomic mass is 35.5. The SMILES string of the molecule is COCC(=O)N1CC=C(c2ccc(-c3nc4nc(O[C@H]5CC[C@H](C(C)(C)C(=O)O)CC5)[nH]c4cc3Cl)cc2)CC1. The number of amides is 1.